The Morgan fingerprint density at radius 1 is 1.23 bits per heavy atom. The van der Waals surface area contributed by atoms with Crippen LogP contribution in [-0.2, 0) is 16.0 Å². The van der Waals surface area contributed by atoms with Crippen molar-refractivity contribution < 1.29 is 23.6 Å². The summed E-state index contributed by atoms with van der Waals surface area (Å²) in [5, 5.41) is 11.6. The van der Waals surface area contributed by atoms with Gasteiger partial charge in [-0.2, -0.15) is 0 Å². The number of carbonyl (C=O) groups excluding carboxylic acids is 2. The van der Waals surface area contributed by atoms with Crippen molar-refractivity contribution in [1.29, 1.82) is 0 Å². The molecule has 3 aromatic rings. The molecule has 2 aromatic carbocycles. The number of benzene rings is 2. The number of non-ortho nitro benzene ring substituents is 1. The minimum Gasteiger partial charge on any atom is -0.452 e. The number of halogens is 1. The second-order valence-electron chi connectivity index (χ2n) is 7.25. The quantitative estimate of drug-likeness (QED) is 0.360. The van der Waals surface area contributed by atoms with Gasteiger partial charge in [-0.3, -0.25) is 19.9 Å². The molecule has 0 spiro atoms. The van der Waals surface area contributed by atoms with Crippen LogP contribution in [-0.4, -0.2) is 34.9 Å². The molecular formula is C22H18FN3O5. The zero-order valence-electron chi connectivity index (χ0n) is 16.6. The Kier molecular flexibility index (Phi) is 5.33. The van der Waals surface area contributed by atoms with Gasteiger partial charge in [0, 0.05) is 35.8 Å². The van der Waals surface area contributed by atoms with Gasteiger partial charge in [0.1, 0.15) is 5.82 Å². The third-order valence-electron chi connectivity index (χ3n) is 5.21. The van der Waals surface area contributed by atoms with E-state index < -0.39 is 29.2 Å². The summed E-state index contributed by atoms with van der Waals surface area (Å²) < 4.78 is 18.6. The number of nitro benzene ring substituents is 1. The van der Waals surface area contributed by atoms with E-state index in [1.807, 2.05) is 0 Å². The van der Waals surface area contributed by atoms with Gasteiger partial charge in [0.05, 0.1) is 21.7 Å². The van der Waals surface area contributed by atoms with E-state index in [4.69, 9.17) is 4.74 Å². The van der Waals surface area contributed by atoms with Crippen LogP contribution < -0.4 is 4.90 Å². The summed E-state index contributed by atoms with van der Waals surface area (Å²) in [5.41, 5.74) is 2.25. The monoisotopic (exact) mass is 423 g/mol. The number of ether oxygens (including phenoxy) is 1. The zero-order chi connectivity index (χ0) is 22.1. The Balaban J connectivity index is 1.49. The lowest BCUT2D eigenvalue weighted by Crippen LogP contribution is -2.38. The number of nitro groups is 1. The Morgan fingerprint density at radius 2 is 2.03 bits per heavy atom. The molecule has 0 atom stereocenters. The van der Waals surface area contributed by atoms with Crippen LogP contribution in [0.4, 0.5) is 15.8 Å². The van der Waals surface area contributed by atoms with Gasteiger partial charge in [-0.15, -0.1) is 0 Å². The van der Waals surface area contributed by atoms with E-state index in [-0.39, 0.29) is 11.3 Å². The Labute approximate surface area is 176 Å². The fourth-order valence-corrected chi connectivity index (χ4v) is 3.68. The van der Waals surface area contributed by atoms with E-state index in [9.17, 15) is 24.1 Å². The lowest BCUT2D eigenvalue weighted by Gasteiger charge is -2.29. The van der Waals surface area contributed by atoms with Crippen molar-refractivity contribution in [3.63, 3.8) is 0 Å². The predicted octanol–water partition coefficient (Wildman–Crippen LogP) is 3.73. The van der Waals surface area contributed by atoms with Crippen molar-refractivity contribution in [2.45, 2.75) is 19.8 Å². The molecule has 0 saturated heterocycles. The largest absolute Gasteiger partial charge is 0.452 e. The lowest BCUT2D eigenvalue weighted by molar-refractivity contribution is -0.384. The highest BCUT2D eigenvalue weighted by molar-refractivity contribution is 5.99. The summed E-state index contributed by atoms with van der Waals surface area (Å²) in [7, 11) is 0. The first-order valence-electron chi connectivity index (χ1n) is 9.65. The topological polar surface area (TPSA) is 103 Å². The van der Waals surface area contributed by atoms with E-state index in [1.54, 1.807) is 19.1 Å². The van der Waals surface area contributed by atoms with Crippen LogP contribution in [0.3, 0.4) is 0 Å². The molecule has 0 fully saturated rings. The first-order chi connectivity index (χ1) is 14.8. The van der Waals surface area contributed by atoms with E-state index in [2.05, 4.69) is 4.98 Å². The van der Waals surface area contributed by atoms with Crippen LogP contribution in [0.5, 0.6) is 0 Å². The first-order valence-corrected chi connectivity index (χ1v) is 9.65. The van der Waals surface area contributed by atoms with Gasteiger partial charge in [-0.25, -0.2) is 9.18 Å². The summed E-state index contributed by atoms with van der Waals surface area (Å²) in [6, 6.07) is 9.98. The molecule has 0 unspecified atom stereocenters. The van der Waals surface area contributed by atoms with E-state index in [0.29, 0.717) is 47.2 Å². The zero-order valence-corrected chi connectivity index (χ0v) is 16.6. The molecule has 0 N–H and O–H groups in total. The summed E-state index contributed by atoms with van der Waals surface area (Å²) in [5.74, 6) is -1.55. The summed E-state index contributed by atoms with van der Waals surface area (Å²) in [4.78, 5) is 41.5. The van der Waals surface area contributed by atoms with E-state index in [1.165, 1.54) is 35.2 Å². The van der Waals surface area contributed by atoms with Crippen molar-refractivity contribution in [2.75, 3.05) is 18.1 Å². The molecule has 1 aliphatic rings. The van der Waals surface area contributed by atoms with Crippen LogP contribution in [0.15, 0.2) is 42.5 Å². The van der Waals surface area contributed by atoms with Gasteiger partial charge in [-0.1, -0.05) is 0 Å². The number of aromatic nitrogens is 1. The Morgan fingerprint density at radius 3 is 2.81 bits per heavy atom. The highest BCUT2D eigenvalue weighted by Crippen LogP contribution is 2.30. The molecule has 9 heteroatoms. The highest BCUT2D eigenvalue weighted by atomic mass is 19.1. The number of anilines is 1. The maximum atomic E-state index is 13.4. The minimum atomic E-state index is -0.703. The van der Waals surface area contributed by atoms with Crippen molar-refractivity contribution in [3.8, 4) is 0 Å². The van der Waals surface area contributed by atoms with Gasteiger partial charge >= 0.3 is 5.97 Å². The van der Waals surface area contributed by atoms with Crippen molar-refractivity contribution >= 4 is 34.2 Å². The average Bonchev–Trinajstić information content (AvgIpc) is 2.75. The first kappa shape index (κ1) is 20.4. The lowest BCUT2D eigenvalue weighted by atomic mass is 10.0. The molecule has 2 heterocycles. The van der Waals surface area contributed by atoms with Crippen molar-refractivity contribution in [3.05, 3.63) is 75.2 Å². The summed E-state index contributed by atoms with van der Waals surface area (Å²) >= 11 is 0. The number of hydrogen-bond acceptors (Lipinski definition) is 6. The standard InChI is InChI=1S/C22H18FN3O5/c1-13-18(10-14-4-5-16(23)11-19(14)24-13)22(28)31-12-21(27)25-8-2-3-15-9-17(26(29)30)6-7-20(15)25/h4-7,9-11H,2-3,8,12H2,1H3. The van der Waals surface area contributed by atoms with Crippen molar-refractivity contribution in [1.82, 2.24) is 4.98 Å². The molecule has 31 heavy (non-hydrogen) atoms. The number of fused-ring (bicyclic) bond motifs is 2. The molecule has 0 saturated carbocycles. The molecule has 4 rings (SSSR count). The number of carbonyl (C=O) groups is 2. The number of amides is 1. The SMILES string of the molecule is Cc1nc2cc(F)ccc2cc1C(=O)OCC(=O)N1CCCc2cc([N+](=O)[O-])ccc21. The smallest absolute Gasteiger partial charge is 0.340 e. The summed E-state index contributed by atoms with van der Waals surface area (Å²) in [6.45, 7) is 1.57. The van der Waals surface area contributed by atoms with Crippen LogP contribution in [0.2, 0.25) is 0 Å². The van der Waals surface area contributed by atoms with Crippen LogP contribution in [0, 0.1) is 22.9 Å². The number of rotatable bonds is 4. The number of hydrogen-bond donors (Lipinski definition) is 0. The van der Waals surface area contributed by atoms with Crippen LogP contribution in [0.25, 0.3) is 10.9 Å². The van der Waals surface area contributed by atoms with Gasteiger partial charge in [0.2, 0.25) is 0 Å². The van der Waals surface area contributed by atoms with Crippen molar-refractivity contribution in [2.24, 2.45) is 0 Å². The number of esters is 1. The fourth-order valence-electron chi connectivity index (χ4n) is 3.68. The van der Waals surface area contributed by atoms with E-state index in [0.717, 1.165) is 0 Å². The molecule has 8 nitrogen and oxygen atoms in total. The Bertz CT molecular complexity index is 1230. The maximum absolute atomic E-state index is 13.4. The summed E-state index contributed by atoms with van der Waals surface area (Å²) in [6.07, 6.45) is 1.28. The maximum Gasteiger partial charge on any atom is 0.340 e. The molecule has 0 radical (unpaired) electrons. The molecule has 1 aromatic heterocycles. The van der Waals surface area contributed by atoms with Crippen LogP contribution >= 0.6 is 0 Å². The second kappa shape index (κ2) is 8.10. The number of aryl methyl sites for hydroxylation is 2. The third-order valence-corrected chi connectivity index (χ3v) is 5.21. The Hall–Kier alpha value is -3.88. The second-order valence-corrected chi connectivity index (χ2v) is 7.25. The third kappa shape index (κ3) is 4.07. The van der Waals surface area contributed by atoms with Gasteiger partial charge in [0.15, 0.2) is 6.61 Å². The fraction of sp³-hybridized carbons (Fsp3) is 0.227. The highest BCUT2D eigenvalue weighted by Gasteiger charge is 2.25. The van der Waals surface area contributed by atoms with Gasteiger partial charge in [0.25, 0.3) is 11.6 Å². The molecule has 0 bridgehead atoms. The van der Waals surface area contributed by atoms with Gasteiger partial charge < -0.3 is 9.64 Å². The predicted molar refractivity (Wildman–Crippen MR) is 110 cm³/mol. The van der Waals surface area contributed by atoms with Crippen LogP contribution in [0.1, 0.15) is 28.0 Å². The molecule has 1 aliphatic heterocycles. The minimum absolute atomic E-state index is 0.0290. The average molecular weight is 423 g/mol. The van der Waals surface area contributed by atoms with Gasteiger partial charge in [-0.05, 0) is 49.6 Å². The molecule has 0 aliphatic carbocycles. The molecular weight excluding hydrogens is 405 g/mol. The normalized spacial score (nSPS) is 13.0. The molecule has 1 amide bonds. The number of pyridine rings is 1. The van der Waals surface area contributed by atoms with E-state index >= 15 is 0 Å². The number of nitrogens with zero attached hydrogens (tertiary/aromatic N) is 3. The molecule has 158 valence electrons.